The Hall–Kier alpha value is -2.48. The third kappa shape index (κ3) is 2.38. The maximum absolute atomic E-state index is 9.46. The van der Waals surface area contributed by atoms with Gasteiger partial charge in [-0.15, -0.1) is 0 Å². The van der Waals surface area contributed by atoms with E-state index >= 15 is 0 Å². The number of hydrogen-bond acceptors (Lipinski definition) is 4. The minimum Gasteiger partial charge on any atom is -0.497 e. The molecule has 19 heavy (non-hydrogen) atoms. The Kier molecular flexibility index (Phi) is 3.71. The van der Waals surface area contributed by atoms with Gasteiger partial charge < -0.3 is 14.0 Å². The Morgan fingerprint density at radius 1 is 1.32 bits per heavy atom. The lowest BCUT2D eigenvalue weighted by atomic mass is 9.98. The van der Waals surface area contributed by atoms with Crippen LogP contribution in [-0.2, 0) is 7.05 Å². The SMILES string of the molecule is COc1ccc(OC)c(C(C#N)c2nccn2C)c1. The van der Waals surface area contributed by atoms with Crippen LogP contribution in [0, 0.1) is 11.3 Å². The first-order chi connectivity index (χ1) is 9.21. The topological polar surface area (TPSA) is 60.1 Å². The molecule has 1 atom stereocenters. The number of benzene rings is 1. The highest BCUT2D eigenvalue weighted by Gasteiger charge is 2.22. The molecule has 0 amide bonds. The van der Waals surface area contributed by atoms with Crippen LogP contribution in [-0.4, -0.2) is 23.8 Å². The van der Waals surface area contributed by atoms with Gasteiger partial charge in [-0.2, -0.15) is 5.26 Å². The predicted octanol–water partition coefficient (Wildman–Crippen LogP) is 2.09. The Labute approximate surface area is 112 Å². The summed E-state index contributed by atoms with van der Waals surface area (Å²) in [7, 11) is 5.03. The zero-order valence-corrected chi connectivity index (χ0v) is 11.1. The summed E-state index contributed by atoms with van der Waals surface area (Å²) in [4.78, 5) is 4.24. The van der Waals surface area contributed by atoms with Crippen molar-refractivity contribution in [3.63, 3.8) is 0 Å². The fraction of sp³-hybridized carbons (Fsp3) is 0.286. The Morgan fingerprint density at radius 2 is 2.11 bits per heavy atom. The van der Waals surface area contributed by atoms with E-state index in [1.165, 1.54) is 0 Å². The monoisotopic (exact) mass is 257 g/mol. The molecular weight excluding hydrogens is 242 g/mol. The van der Waals surface area contributed by atoms with Gasteiger partial charge in [0, 0.05) is 25.0 Å². The van der Waals surface area contributed by atoms with Crippen LogP contribution < -0.4 is 9.47 Å². The molecule has 1 unspecified atom stereocenters. The summed E-state index contributed by atoms with van der Waals surface area (Å²) in [5.41, 5.74) is 0.749. The fourth-order valence-corrected chi connectivity index (χ4v) is 1.99. The van der Waals surface area contributed by atoms with Gasteiger partial charge in [0.2, 0.25) is 0 Å². The summed E-state index contributed by atoms with van der Waals surface area (Å²) in [5, 5.41) is 9.46. The molecule has 98 valence electrons. The molecule has 0 saturated heterocycles. The van der Waals surface area contributed by atoms with Gasteiger partial charge in [-0.1, -0.05) is 0 Å². The number of nitrogens with zero attached hydrogens (tertiary/aromatic N) is 3. The summed E-state index contributed by atoms with van der Waals surface area (Å²) >= 11 is 0. The molecule has 0 spiro atoms. The molecule has 2 rings (SSSR count). The average molecular weight is 257 g/mol. The van der Waals surface area contributed by atoms with E-state index in [4.69, 9.17) is 9.47 Å². The maximum atomic E-state index is 9.46. The second kappa shape index (κ2) is 5.44. The summed E-state index contributed by atoms with van der Waals surface area (Å²) in [6.45, 7) is 0. The largest absolute Gasteiger partial charge is 0.497 e. The van der Waals surface area contributed by atoms with Crippen molar-refractivity contribution < 1.29 is 9.47 Å². The molecule has 0 saturated carbocycles. The lowest BCUT2D eigenvalue weighted by molar-refractivity contribution is 0.398. The average Bonchev–Trinajstić information content (AvgIpc) is 2.86. The normalized spacial score (nSPS) is 11.7. The van der Waals surface area contributed by atoms with E-state index in [0.717, 1.165) is 5.56 Å². The van der Waals surface area contributed by atoms with Crippen molar-refractivity contribution in [1.82, 2.24) is 9.55 Å². The van der Waals surface area contributed by atoms with E-state index < -0.39 is 5.92 Å². The van der Waals surface area contributed by atoms with Crippen molar-refractivity contribution in [1.29, 1.82) is 5.26 Å². The third-order valence-corrected chi connectivity index (χ3v) is 2.99. The van der Waals surface area contributed by atoms with Crippen LogP contribution in [0.5, 0.6) is 11.5 Å². The van der Waals surface area contributed by atoms with Gasteiger partial charge in [0.1, 0.15) is 23.2 Å². The summed E-state index contributed by atoms with van der Waals surface area (Å²) in [5.74, 6) is 1.51. The van der Waals surface area contributed by atoms with Crippen molar-refractivity contribution in [3.8, 4) is 17.6 Å². The highest BCUT2D eigenvalue weighted by atomic mass is 16.5. The van der Waals surface area contributed by atoms with Crippen LogP contribution in [0.4, 0.5) is 0 Å². The zero-order chi connectivity index (χ0) is 13.8. The Morgan fingerprint density at radius 3 is 2.63 bits per heavy atom. The zero-order valence-electron chi connectivity index (χ0n) is 11.1. The molecule has 0 aliphatic rings. The first-order valence-electron chi connectivity index (χ1n) is 5.80. The Balaban J connectivity index is 2.55. The number of aryl methyl sites for hydroxylation is 1. The molecule has 5 nitrogen and oxygen atoms in total. The smallest absolute Gasteiger partial charge is 0.133 e. The molecule has 0 aliphatic carbocycles. The first-order valence-corrected chi connectivity index (χ1v) is 5.80. The predicted molar refractivity (Wildman–Crippen MR) is 70.2 cm³/mol. The highest BCUT2D eigenvalue weighted by Crippen LogP contribution is 2.33. The van der Waals surface area contributed by atoms with Crippen molar-refractivity contribution in [2.45, 2.75) is 5.92 Å². The number of aromatic nitrogens is 2. The molecule has 0 fully saturated rings. The van der Waals surface area contributed by atoms with Gasteiger partial charge in [-0.05, 0) is 18.2 Å². The van der Waals surface area contributed by atoms with Gasteiger partial charge in [0.15, 0.2) is 0 Å². The van der Waals surface area contributed by atoms with Crippen molar-refractivity contribution in [3.05, 3.63) is 42.0 Å². The third-order valence-electron chi connectivity index (χ3n) is 2.99. The van der Waals surface area contributed by atoms with E-state index in [0.29, 0.717) is 17.3 Å². The number of rotatable bonds is 4. The van der Waals surface area contributed by atoms with Crippen LogP contribution in [0.3, 0.4) is 0 Å². The number of ether oxygens (including phenoxy) is 2. The number of nitriles is 1. The van der Waals surface area contributed by atoms with Crippen molar-refractivity contribution >= 4 is 0 Å². The van der Waals surface area contributed by atoms with E-state index in [1.807, 2.05) is 17.8 Å². The first kappa shape index (κ1) is 13.0. The van der Waals surface area contributed by atoms with Crippen LogP contribution in [0.25, 0.3) is 0 Å². The minimum atomic E-state index is -0.495. The molecule has 1 heterocycles. The van der Waals surface area contributed by atoms with Crippen LogP contribution in [0.2, 0.25) is 0 Å². The van der Waals surface area contributed by atoms with E-state index in [-0.39, 0.29) is 0 Å². The van der Waals surface area contributed by atoms with E-state index in [1.54, 1.807) is 38.6 Å². The maximum Gasteiger partial charge on any atom is 0.133 e. The molecule has 0 N–H and O–H groups in total. The van der Waals surface area contributed by atoms with Gasteiger partial charge in [0.25, 0.3) is 0 Å². The van der Waals surface area contributed by atoms with Gasteiger partial charge in [0.05, 0.1) is 20.3 Å². The highest BCUT2D eigenvalue weighted by molar-refractivity contribution is 5.47. The van der Waals surface area contributed by atoms with Crippen molar-refractivity contribution in [2.75, 3.05) is 14.2 Å². The summed E-state index contributed by atoms with van der Waals surface area (Å²) in [6.07, 6.45) is 3.48. The van der Waals surface area contributed by atoms with E-state index in [9.17, 15) is 5.26 Å². The summed E-state index contributed by atoms with van der Waals surface area (Å²) < 4.78 is 12.4. The van der Waals surface area contributed by atoms with Gasteiger partial charge >= 0.3 is 0 Å². The second-order valence-electron chi connectivity index (χ2n) is 4.07. The van der Waals surface area contributed by atoms with Crippen LogP contribution in [0.1, 0.15) is 17.3 Å². The fourth-order valence-electron chi connectivity index (χ4n) is 1.99. The minimum absolute atomic E-state index is 0.495. The molecule has 1 aromatic carbocycles. The molecule has 0 aliphatic heterocycles. The second-order valence-corrected chi connectivity index (χ2v) is 4.07. The number of methoxy groups -OCH3 is 2. The van der Waals surface area contributed by atoms with Gasteiger partial charge in [-0.3, -0.25) is 0 Å². The molecule has 0 bridgehead atoms. The molecule has 5 heteroatoms. The number of hydrogen-bond donors (Lipinski definition) is 0. The van der Waals surface area contributed by atoms with E-state index in [2.05, 4.69) is 11.1 Å². The lowest BCUT2D eigenvalue weighted by Crippen LogP contribution is -2.07. The Bertz CT molecular complexity index is 613. The standard InChI is InChI=1S/C14H15N3O2/c1-17-7-6-16-14(17)12(9-15)11-8-10(18-2)4-5-13(11)19-3/h4-8,12H,1-3H3. The molecule has 0 radical (unpaired) electrons. The quantitative estimate of drug-likeness (QED) is 0.841. The van der Waals surface area contributed by atoms with Crippen molar-refractivity contribution in [2.24, 2.45) is 7.05 Å². The van der Waals surface area contributed by atoms with Crippen LogP contribution in [0.15, 0.2) is 30.6 Å². The lowest BCUT2D eigenvalue weighted by Gasteiger charge is -2.14. The molecule has 1 aromatic heterocycles. The molecular formula is C14H15N3O2. The molecule has 2 aromatic rings. The van der Waals surface area contributed by atoms with Crippen LogP contribution >= 0.6 is 0 Å². The van der Waals surface area contributed by atoms with Gasteiger partial charge in [-0.25, -0.2) is 4.98 Å². The number of imidazole rings is 1. The summed E-state index contributed by atoms with van der Waals surface area (Å²) in [6, 6.07) is 7.67.